The highest BCUT2D eigenvalue weighted by Crippen LogP contribution is 2.13. The molecule has 0 aliphatic heterocycles. The molecule has 5 nitrogen and oxygen atoms in total. The molecule has 0 aliphatic rings. The van der Waals surface area contributed by atoms with Crippen molar-refractivity contribution < 1.29 is 8.42 Å². The second-order valence-electron chi connectivity index (χ2n) is 2.85. The predicted molar refractivity (Wildman–Crippen MR) is 48.3 cm³/mol. The zero-order valence-corrected chi connectivity index (χ0v) is 8.25. The first-order chi connectivity index (χ1) is 5.91. The number of aromatic nitrogens is 2. The van der Waals surface area contributed by atoms with Gasteiger partial charge in [-0.3, -0.25) is 0 Å². The molecule has 1 atom stereocenters. The lowest BCUT2D eigenvalue weighted by Crippen LogP contribution is -2.21. The Morgan fingerprint density at radius 2 is 1.85 bits per heavy atom. The van der Waals surface area contributed by atoms with E-state index in [9.17, 15) is 8.42 Å². The Morgan fingerprint density at radius 3 is 2.23 bits per heavy atom. The summed E-state index contributed by atoms with van der Waals surface area (Å²) >= 11 is 0. The van der Waals surface area contributed by atoms with Crippen LogP contribution in [-0.4, -0.2) is 18.4 Å². The maximum Gasteiger partial charge on any atom is 0.219 e. The molecule has 0 bridgehead atoms. The van der Waals surface area contributed by atoms with E-state index < -0.39 is 15.3 Å². The molecule has 1 aromatic heterocycles. The lowest BCUT2D eigenvalue weighted by molar-refractivity contribution is 0.584. The van der Waals surface area contributed by atoms with Gasteiger partial charge in [0, 0.05) is 12.4 Å². The molecule has 0 amide bonds. The molecule has 1 heterocycles. The van der Waals surface area contributed by atoms with E-state index >= 15 is 0 Å². The number of rotatable bonds is 2. The summed E-state index contributed by atoms with van der Waals surface area (Å²) in [5, 5.41) is 4.09. The first-order valence-corrected chi connectivity index (χ1v) is 5.32. The molecule has 0 spiro atoms. The number of nitrogens with two attached hydrogens (primary N) is 1. The van der Waals surface area contributed by atoms with Crippen LogP contribution in [-0.2, 0) is 10.0 Å². The summed E-state index contributed by atoms with van der Waals surface area (Å²) in [4.78, 5) is 7.75. The molecule has 0 aromatic carbocycles. The number of nitrogens with zero attached hydrogens (tertiary/aromatic N) is 2. The van der Waals surface area contributed by atoms with Gasteiger partial charge in [0.2, 0.25) is 10.0 Å². The van der Waals surface area contributed by atoms with Gasteiger partial charge in [0.05, 0.1) is 0 Å². The normalized spacial score (nSPS) is 14.1. The van der Waals surface area contributed by atoms with Crippen LogP contribution in [0, 0.1) is 6.92 Å². The number of aryl methyl sites for hydroxylation is 1. The number of primary sulfonamides is 1. The van der Waals surface area contributed by atoms with E-state index in [1.807, 2.05) is 6.92 Å². The lowest BCUT2D eigenvalue weighted by atomic mass is 10.4. The van der Waals surface area contributed by atoms with Crippen LogP contribution < -0.4 is 5.14 Å². The van der Waals surface area contributed by atoms with Gasteiger partial charge in [-0.25, -0.2) is 23.5 Å². The first-order valence-electron chi connectivity index (χ1n) is 3.71. The summed E-state index contributed by atoms with van der Waals surface area (Å²) in [7, 11) is -3.59. The fourth-order valence-electron chi connectivity index (χ4n) is 0.759. The third-order valence-electron chi connectivity index (χ3n) is 1.66. The fraction of sp³-hybridized carbons (Fsp3) is 0.429. The van der Waals surface area contributed by atoms with Crippen LogP contribution >= 0.6 is 0 Å². The van der Waals surface area contributed by atoms with Gasteiger partial charge in [-0.2, -0.15) is 0 Å². The second kappa shape index (κ2) is 3.39. The van der Waals surface area contributed by atoms with Crippen molar-refractivity contribution in [3.8, 4) is 0 Å². The highest BCUT2D eigenvalue weighted by atomic mass is 32.2. The quantitative estimate of drug-likeness (QED) is 0.737. The molecule has 0 aliphatic carbocycles. The fourth-order valence-corrected chi connectivity index (χ4v) is 1.17. The minimum atomic E-state index is -3.59. The van der Waals surface area contributed by atoms with Crippen LogP contribution in [0.5, 0.6) is 0 Å². The Bertz CT molecular complexity index is 385. The van der Waals surface area contributed by atoms with Gasteiger partial charge in [-0.1, -0.05) is 0 Å². The Morgan fingerprint density at radius 1 is 1.38 bits per heavy atom. The van der Waals surface area contributed by atoms with Gasteiger partial charge < -0.3 is 0 Å². The summed E-state index contributed by atoms with van der Waals surface area (Å²) in [5.41, 5.74) is 0.880. The van der Waals surface area contributed by atoms with Crippen LogP contribution in [0.15, 0.2) is 12.4 Å². The third-order valence-corrected chi connectivity index (χ3v) is 2.85. The molecule has 0 saturated heterocycles. The second-order valence-corrected chi connectivity index (χ2v) is 4.74. The largest absolute Gasteiger partial charge is 0.240 e. The Balaban J connectivity index is 3.04. The van der Waals surface area contributed by atoms with Crippen molar-refractivity contribution in [1.82, 2.24) is 9.97 Å². The van der Waals surface area contributed by atoms with Gasteiger partial charge in [0.15, 0.2) is 0 Å². The average molecular weight is 201 g/mol. The molecular formula is C7H11N3O2S. The van der Waals surface area contributed by atoms with Crippen LogP contribution in [0.2, 0.25) is 0 Å². The molecule has 0 saturated carbocycles. The molecule has 1 aromatic rings. The summed E-state index contributed by atoms with van der Waals surface area (Å²) in [6.45, 7) is 3.28. The van der Waals surface area contributed by atoms with Gasteiger partial charge >= 0.3 is 0 Å². The van der Waals surface area contributed by atoms with Crippen molar-refractivity contribution in [1.29, 1.82) is 0 Å². The van der Waals surface area contributed by atoms with Crippen molar-refractivity contribution in [2.75, 3.05) is 0 Å². The minimum absolute atomic E-state index is 0.230. The van der Waals surface area contributed by atoms with E-state index in [1.165, 1.54) is 6.92 Å². The maximum atomic E-state index is 10.9. The summed E-state index contributed by atoms with van der Waals surface area (Å²) < 4.78 is 21.8. The molecule has 1 unspecified atom stereocenters. The van der Waals surface area contributed by atoms with Crippen molar-refractivity contribution in [3.05, 3.63) is 23.8 Å². The molecule has 6 heteroatoms. The monoisotopic (exact) mass is 201 g/mol. The smallest absolute Gasteiger partial charge is 0.219 e. The maximum absolute atomic E-state index is 10.9. The minimum Gasteiger partial charge on any atom is -0.240 e. The molecule has 2 N–H and O–H groups in total. The Kier molecular flexibility index (Phi) is 2.63. The zero-order valence-electron chi connectivity index (χ0n) is 7.43. The average Bonchev–Trinajstić information content (AvgIpc) is 2.03. The molecule has 13 heavy (non-hydrogen) atoms. The van der Waals surface area contributed by atoms with Crippen molar-refractivity contribution in [3.63, 3.8) is 0 Å². The van der Waals surface area contributed by atoms with E-state index in [0.29, 0.717) is 0 Å². The standard InChI is InChI=1S/C7H11N3O2S/c1-5-3-9-7(10-4-5)6(2)13(8,11)12/h3-4,6H,1-2H3,(H2,8,11,12). The predicted octanol–water partition coefficient (Wildman–Crippen LogP) is 0.135. The number of hydrogen-bond acceptors (Lipinski definition) is 4. The molecule has 0 fully saturated rings. The third kappa shape index (κ3) is 2.46. The first kappa shape index (κ1) is 10.1. The molecule has 1 rings (SSSR count). The lowest BCUT2D eigenvalue weighted by Gasteiger charge is -2.06. The van der Waals surface area contributed by atoms with Crippen LogP contribution in [0.25, 0.3) is 0 Å². The SMILES string of the molecule is Cc1cnc(C(C)S(N)(=O)=O)nc1. The molecule has 0 radical (unpaired) electrons. The van der Waals surface area contributed by atoms with Gasteiger partial charge in [-0.05, 0) is 19.4 Å². The van der Waals surface area contributed by atoms with E-state index in [-0.39, 0.29) is 5.82 Å². The van der Waals surface area contributed by atoms with Crippen molar-refractivity contribution in [2.24, 2.45) is 5.14 Å². The van der Waals surface area contributed by atoms with E-state index in [0.717, 1.165) is 5.56 Å². The van der Waals surface area contributed by atoms with Crippen molar-refractivity contribution in [2.45, 2.75) is 19.1 Å². The highest BCUT2D eigenvalue weighted by Gasteiger charge is 2.20. The van der Waals surface area contributed by atoms with E-state index in [1.54, 1.807) is 12.4 Å². The number of sulfonamides is 1. The van der Waals surface area contributed by atoms with Crippen LogP contribution in [0.3, 0.4) is 0 Å². The molecular weight excluding hydrogens is 190 g/mol. The Hall–Kier alpha value is -1.01. The highest BCUT2D eigenvalue weighted by molar-refractivity contribution is 7.89. The van der Waals surface area contributed by atoms with Gasteiger partial charge in [-0.15, -0.1) is 0 Å². The van der Waals surface area contributed by atoms with E-state index in [2.05, 4.69) is 9.97 Å². The van der Waals surface area contributed by atoms with Gasteiger partial charge in [0.1, 0.15) is 11.1 Å². The zero-order chi connectivity index (χ0) is 10.1. The molecule has 72 valence electrons. The van der Waals surface area contributed by atoms with Crippen LogP contribution in [0.1, 0.15) is 23.6 Å². The Labute approximate surface area is 77.1 Å². The topological polar surface area (TPSA) is 85.9 Å². The van der Waals surface area contributed by atoms with Crippen LogP contribution in [0.4, 0.5) is 0 Å². The summed E-state index contributed by atoms with van der Waals surface area (Å²) in [5.74, 6) is 0.230. The van der Waals surface area contributed by atoms with E-state index in [4.69, 9.17) is 5.14 Å². The van der Waals surface area contributed by atoms with Gasteiger partial charge in [0.25, 0.3) is 0 Å². The van der Waals surface area contributed by atoms with Crippen molar-refractivity contribution >= 4 is 10.0 Å². The number of hydrogen-bond donors (Lipinski definition) is 1. The summed E-state index contributed by atoms with van der Waals surface area (Å²) in [6, 6.07) is 0. The summed E-state index contributed by atoms with van der Waals surface area (Å²) in [6.07, 6.45) is 3.12.